The number of nitrogens with two attached hydrogens (primary N) is 1. The highest BCUT2D eigenvalue weighted by atomic mass is 16.5. The molecule has 4 nitrogen and oxygen atoms in total. The zero-order valence-electron chi connectivity index (χ0n) is 7.59. The highest BCUT2D eigenvalue weighted by Crippen LogP contribution is 2.19. The van der Waals surface area contributed by atoms with Crippen LogP contribution in [0.1, 0.15) is 18.1 Å². The highest BCUT2D eigenvalue weighted by Gasteiger charge is 2.06. The van der Waals surface area contributed by atoms with Gasteiger partial charge in [0.2, 0.25) is 5.88 Å². The van der Waals surface area contributed by atoms with E-state index in [4.69, 9.17) is 10.5 Å². The molecule has 12 heavy (non-hydrogen) atoms. The Morgan fingerprint density at radius 1 is 1.25 bits per heavy atom. The molecule has 66 valence electrons. The molecule has 0 atom stereocenters. The Bertz CT molecular complexity index is 286. The lowest BCUT2D eigenvalue weighted by Gasteiger charge is -2.07. The number of hydrogen-bond acceptors (Lipinski definition) is 4. The third-order valence-corrected chi connectivity index (χ3v) is 1.80. The van der Waals surface area contributed by atoms with Crippen molar-refractivity contribution in [2.75, 3.05) is 12.3 Å². The SMILES string of the molecule is CCOc1nnc(N)c(C)c1C. The lowest BCUT2D eigenvalue weighted by atomic mass is 10.2. The van der Waals surface area contributed by atoms with E-state index in [0.29, 0.717) is 18.3 Å². The Morgan fingerprint density at radius 2 is 1.92 bits per heavy atom. The average Bonchev–Trinajstić information content (AvgIpc) is 2.07. The summed E-state index contributed by atoms with van der Waals surface area (Å²) in [7, 11) is 0. The minimum Gasteiger partial charge on any atom is -0.477 e. The van der Waals surface area contributed by atoms with Gasteiger partial charge in [-0.2, -0.15) is 0 Å². The summed E-state index contributed by atoms with van der Waals surface area (Å²) in [6.07, 6.45) is 0. The van der Waals surface area contributed by atoms with Crippen LogP contribution in [0, 0.1) is 13.8 Å². The van der Waals surface area contributed by atoms with Crippen LogP contribution in [0.3, 0.4) is 0 Å². The maximum atomic E-state index is 5.56. The quantitative estimate of drug-likeness (QED) is 0.715. The largest absolute Gasteiger partial charge is 0.477 e. The van der Waals surface area contributed by atoms with Gasteiger partial charge in [0.05, 0.1) is 6.61 Å². The zero-order valence-corrected chi connectivity index (χ0v) is 7.59. The minimum atomic E-state index is 0.468. The molecule has 0 aliphatic rings. The second-order valence-electron chi connectivity index (χ2n) is 2.57. The van der Waals surface area contributed by atoms with Crippen molar-refractivity contribution in [2.45, 2.75) is 20.8 Å². The van der Waals surface area contributed by atoms with E-state index in [1.54, 1.807) is 0 Å². The third-order valence-electron chi connectivity index (χ3n) is 1.80. The molecule has 4 heteroatoms. The number of rotatable bonds is 2. The van der Waals surface area contributed by atoms with Gasteiger partial charge in [-0.25, -0.2) is 0 Å². The molecular formula is C8H13N3O. The molecule has 1 rings (SSSR count). The van der Waals surface area contributed by atoms with E-state index in [1.807, 2.05) is 20.8 Å². The number of nitrogen functional groups attached to an aromatic ring is 1. The second-order valence-corrected chi connectivity index (χ2v) is 2.57. The third kappa shape index (κ3) is 1.47. The molecule has 0 saturated carbocycles. The van der Waals surface area contributed by atoms with Gasteiger partial charge in [-0.15, -0.1) is 10.2 Å². The van der Waals surface area contributed by atoms with Gasteiger partial charge in [0, 0.05) is 11.1 Å². The van der Waals surface area contributed by atoms with Crippen molar-refractivity contribution in [3.8, 4) is 5.88 Å². The fourth-order valence-electron chi connectivity index (χ4n) is 0.876. The van der Waals surface area contributed by atoms with Crippen molar-refractivity contribution in [3.63, 3.8) is 0 Å². The Kier molecular flexibility index (Phi) is 2.47. The van der Waals surface area contributed by atoms with Crippen LogP contribution in [0.4, 0.5) is 5.82 Å². The van der Waals surface area contributed by atoms with E-state index < -0.39 is 0 Å². The van der Waals surface area contributed by atoms with Crippen LogP contribution < -0.4 is 10.5 Å². The van der Waals surface area contributed by atoms with E-state index in [0.717, 1.165) is 11.1 Å². The lowest BCUT2D eigenvalue weighted by molar-refractivity contribution is 0.320. The fraction of sp³-hybridized carbons (Fsp3) is 0.500. The molecule has 0 aliphatic heterocycles. The van der Waals surface area contributed by atoms with Gasteiger partial charge in [0.15, 0.2) is 0 Å². The van der Waals surface area contributed by atoms with Crippen molar-refractivity contribution in [3.05, 3.63) is 11.1 Å². The van der Waals surface area contributed by atoms with Gasteiger partial charge in [-0.1, -0.05) is 0 Å². The molecule has 0 amide bonds. The van der Waals surface area contributed by atoms with Crippen LogP contribution in [0.5, 0.6) is 5.88 Å². The highest BCUT2D eigenvalue weighted by molar-refractivity contribution is 5.45. The Balaban J connectivity index is 3.08. The molecule has 0 spiro atoms. The summed E-state index contributed by atoms with van der Waals surface area (Å²) >= 11 is 0. The van der Waals surface area contributed by atoms with E-state index in [1.165, 1.54) is 0 Å². The second kappa shape index (κ2) is 3.38. The molecule has 0 radical (unpaired) electrons. The standard InChI is InChI=1S/C8H13N3O/c1-4-12-8-6(3)5(2)7(9)10-11-8/h4H2,1-3H3,(H2,9,10). The number of ether oxygens (including phenoxy) is 1. The first-order chi connectivity index (χ1) is 5.66. The number of aromatic nitrogens is 2. The van der Waals surface area contributed by atoms with Gasteiger partial charge >= 0.3 is 0 Å². The molecule has 0 unspecified atom stereocenters. The molecule has 1 heterocycles. The van der Waals surface area contributed by atoms with Gasteiger partial charge in [0.25, 0.3) is 0 Å². The summed E-state index contributed by atoms with van der Waals surface area (Å²) in [6.45, 7) is 6.33. The first-order valence-corrected chi connectivity index (χ1v) is 3.89. The lowest BCUT2D eigenvalue weighted by Crippen LogP contribution is -2.04. The van der Waals surface area contributed by atoms with Crippen molar-refractivity contribution < 1.29 is 4.74 Å². The molecule has 1 aromatic heterocycles. The summed E-state index contributed by atoms with van der Waals surface area (Å²) in [6, 6.07) is 0. The number of anilines is 1. The molecule has 0 saturated heterocycles. The van der Waals surface area contributed by atoms with Gasteiger partial charge < -0.3 is 10.5 Å². The molecule has 0 aromatic carbocycles. The van der Waals surface area contributed by atoms with Gasteiger partial charge in [0.1, 0.15) is 5.82 Å². The zero-order chi connectivity index (χ0) is 9.14. The van der Waals surface area contributed by atoms with Gasteiger partial charge in [-0.3, -0.25) is 0 Å². The maximum Gasteiger partial charge on any atom is 0.236 e. The molecule has 1 aromatic rings. The van der Waals surface area contributed by atoms with Crippen LogP contribution >= 0.6 is 0 Å². The van der Waals surface area contributed by atoms with Crippen LogP contribution in [0.2, 0.25) is 0 Å². The Hall–Kier alpha value is -1.32. The summed E-state index contributed by atoms with van der Waals surface area (Å²) in [5.41, 5.74) is 7.46. The van der Waals surface area contributed by atoms with Crippen LogP contribution in [-0.4, -0.2) is 16.8 Å². The normalized spacial score (nSPS) is 9.92. The van der Waals surface area contributed by atoms with Crippen molar-refractivity contribution in [1.29, 1.82) is 0 Å². The van der Waals surface area contributed by atoms with Crippen molar-refractivity contribution >= 4 is 5.82 Å². The predicted molar refractivity (Wildman–Crippen MR) is 47.1 cm³/mol. The number of hydrogen-bond donors (Lipinski definition) is 1. The first kappa shape index (κ1) is 8.77. The van der Waals surface area contributed by atoms with E-state index in [2.05, 4.69) is 10.2 Å². The monoisotopic (exact) mass is 167 g/mol. The van der Waals surface area contributed by atoms with Crippen molar-refractivity contribution in [1.82, 2.24) is 10.2 Å². The summed E-state index contributed by atoms with van der Waals surface area (Å²) in [4.78, 5) is 0. The Labute approximate surface area is 71.8 Å². The molecule has 0 bridgehead atoms. The summed E-state index contributed by atoms with van der Waals surface area (Å²) in [5.74, 6) is 1.04. The maximum absolute atomic E-state index is 5.56. The number of nitrogens with zero attached hydrogens (tertiary/aromatic N) is 2. The van der Waals surface area contributed by atoms with Crippen molar-refractivity contribution in [2.24, 2.45) is 0 Å². The van der Waals surface area contributed by atoms with Crippen LogP contribution in [0.15, 0.2) is 0 Å². The first-order valence-electron chi connectivity index (χ1n) is 3.89. The topological polar surface area (TPSA) is 61.0 Å². The molecule has 0 fully saturated rings. The van der Waals surface area contributed by atoms with E-state index >= 15 is 0 Å². The molecule has 2 N–H and O–H groups in total. The van der Waals surface area contributed by atoms with Gasteiger partial charge in [-0.05, 0) is 20.8 Å². The Morgan fingerprint density at radius 3 is 2.50 bits per heavy atom. The van der Waals surface area contributed by atoms with E-state index in [9.17, 15) is 0 Å². The van der Waals surface area contributed by atoms with E-state index in [-0.39, 0.29) is 0 Å². The smallest absolute Gasteiger partial charge is 0.236 e. The minimum absolute atomic E-state index is 0.468. The van der Waals surface area contributed by atoms with Crippen LogP contribution in [0.25, 0.3) is 0 Å². The van der Waals surface area contributed by atoms with Crippen LogP contribution in [-0.2, 0) is 0 Å². The fourth-order valence-corrected chi connectivity index (χ4v) is 0.876. The molecular weight excluding hydrogens is 154 g/mol. The summed E-state index contributed by atoms with van der Waals surface area (Å²) < 4.78 is 5.24. The average molecular weight is 167 g/mol. The predicted octanol–water partition coefficient (Wildman–Crippen LogP) is 1.07. The molecule has 0 aliphatic carbocycles. The summed E-state index contributed by atoms with van der Waals surface area (Å²) in [5, 5.41) is 7.59.